The van der Waals surface area contributed by atoms with Gasteiger partial charge in [0, 0.05) is 16.9 Å². The Morgan fingerprint density at radius 3 is 2.00 bits per heavy atom. The summed E-state index contributed by atoms with van der Waals surface area (Å²) in [5.41, 5.74) is 1.09. The molecule has 3 rings (SSSR count). The van der Waals surface area contributed by atoms with Crippen LogP contribution < -0.4 is 14.8 Å². The molecule has 6 nitrogen and oxygen atoms in total. The predicted molar refractivity (Wildman–Crippen MR) is 105 cm³/mol. The lowest BCUT2D eigenvalue weighted by atomic mass is 10.2. The number of carbonyl (C=O) groups is 1. The third-order valence-electron chi connectivity index (χ3n) is 3.87. The molecule has 0 aliphatic heterocycles. The standard InChI is InChI=1S/C20H17FN2O4S/c1-27-18-10-8-17(9-11-18)23-28(25,26)19-12-2-14(3-13-19)20(24)22-16-6-4-15(21)5-7-16/h2-13,23H,1H3,(H,22,24). The van der Waals surface area contributed by atoms with Crippen LogP contribution in [0.5, 0.6) is 5.75 Å². The van der Waals surface area contributed by atoms with Gasteiger partial charge < -0.3 is 10.1 Å². The van der Waals surface area contributed by atoms with Gasteiger partial charge in [0.15, 0.2) is 0 Å². The van der Waals surface area contributed by atoms with Gasteiger partial charge in [0.05, 0.1) is 12.0 Å². The number of benzene rings is 3. The summed E-state index contributed by atoms with van der Waals surface area (Å²) in [6, 6.07) is 17.3. The van der Waals surface area contributed by atoms with E-state index in [1.807, 2.05) is 0 Å². The van der Waals surface area contributed by atoms with E-state index >= 15 is 0 Å². The second-order valence-electron chi connectivity index (χ2n) is 5.82. The van der Waals surface area contributed by atoms with Crippen LogP contribution in [-0.2, 0) is 10.0 Å². The molecule has 0 aliphatic carbocycles. The SMILES string of the molecule is COc1ccc(NS(=O)(=O)c2ccc(C(=O)Nc3ccc(F)cc3)cc2)cc1. The van der Waals surface area contributed by atoms with Crippen molar-refractivity contribution in [2.75, 3.05) is 17.1 Å². The van der Waals surface area contributed by atoms with Crippen molar-refractivity contribution in [3.05, 3.63) is 84.2 Å². The Morgan fingerprint density at radius 1 is 0.857 bits per heavy atom. The largest absolute Gasteiger partial charge is 0.497 e. The number of ether oxygens (including phenoxy) is 1. The van der Waals surface area contributed by atoms with E-state index < -0.39 is 21.7 Å². The number of nitrogens with one attached hydrogen (secondary N) is 2. The molecule has 1 amide bonds. The Kier molecular flexibility index (Phi) is 5.60. The summed E-state index contributed by atoms with van der Waals surface area (Å²) in [6.45, 7) is 0. The van der Waals surface area contributed by atoms with Crippen LogP contribution in [0.4, 0.5) is 15.8 Å². The van der Waals surface area contributed by atoms with Gasteiger partial charge in [-0.1, -0.05) is 0 Å². The molecule has 0 radical (unpaired) electrons. The summed E-state index contributed by atoms with van der Waals surface area (Å²) in [4.78, 5) is 12.2. The van der Waals surface area contributed by atoms with Crippen molar-refractivity contribution >= 4 is 27.3 Å². The molecule has 2 N–H and O–H groups in total. The molecule has 0 spiro atoms. The van der Waals surface area contributed by atoms with E-state index in [1.54, 1.807) is 24.3 Å². The van der Waals surface area contributed by atoms with E-state index in [1.165, 1.54) is 55.6 Å². The van der Waals surface area contributed by atoms with Crippen molar-refractivity contribution in [1.82, 2.24) is 0 Å². The molecule has 144 valence electrons. The quantitative estimate of drug-likeness (QED) is 0.658. The molecule has 0 atom stereocenters. The number of methoxy groups -OCH3 is 1. The first-order valence-corrected chi connectivity index (χ1v) is 9.69. The second kappa shape index (κ2) is 8.10. The number of anilines is 2. The first-order valence-electron chi connectivity index (χ1n) is 8.21. The lowest BCUT2D eigenvalue weighted by Gasteiger charge is -2.10. The van der Waals surface area contributed by atoms with E-state index in [9.17, 15) is 17.6 Å². The topological polar surface area (TPSA) is 84.5 Å². The van der Waals surface area contributed by atoms with Gasteiger partial charge in [0.2, 0.25) is 0 Å². The fraction of sp³-hybridized carbons (Fsp3) is 0.0500. The minimum Gasteiger partial charge on any atom is -0.497 e. The first-order chi connectivity index (χ1) is 13.4. The number of hydrogen-bond donors (Lipinski definition) is 2. The lowest BCUT2D eigenvalue weighted by Crippen LogP contribution is -2.14. The summed E-state index contributed by atoms with van der Waals surface area (Å²) >= 11 is 0. The minimum atomic E-state index is -3.80. The molecule has 0 heterocycles. The summed E-state index contributed by atoms with van der Waals surface area (Å²) in [5.74, 6) is -0.227. The first kappa shape index (κ1) is 19.4. The number of carbonyl (C=O) groups excluding carboxylic acids is 1. The second-order valence-corrected chi connectivity index (χ2v) is 7.50. The number of halogens is 1. The van der Waals surface area contributed by atoms with Crippen molar-refractivity contribution in [3.63, 3.8) is 0 Å². The van der Waals surface area contributed by atoms with Crippen molar-refractivity contribution in [2.45, 2.75) is 4.90 Å². The van der Waals surface area contributed by atoms with Gasteiger partial charge in [-0.05, 0) is 72.8 Å². The minimum absolute atomic E-state index is 0.0154. The fourth-order valence-corrected chi connectivity index (χ4v) is 3.45. The van der Waals surface area contributed by atoms with E-state index in [0.29, 0.717) is 17.1 Å². The molecule has 8 heteroatoms. The highest BCUT2D eigenvalue weighted by Crippen LogP contribution is 2.20. The fourth-order valence-electron chi connectivity index (χ4n) is 2.40. The van der Waals surface area contributed by atoms with Crippen LogP contribution >= 0.6 is 0 Å². The Morgan fingerprint density at radius 2 is 1.43 bits per heavy atom. The predicted octanol–water partition coefficient (Wildman–Crippen LogP) is 3.89. The molecule has 0 saturated carbocycles. The zero-order valence-electron chi connectivity index (χ0n) is 14.8. The van der Waals surface area contributed by atoms with Crippen LogP contribution in [-0.4, -0.2) is 21.4 Å². The molecule has 0 unspecified atom stereocenters. The Bertz CT molecular complexity index is 1060. The highest BCUT2D eigenvalue weighted by molar-refractivity contribution is 7.92. The van der Waals surface area contributed by atoms with Crippen molar-refractivity contribution in [2.24, 2.45) is 0 Å². The van der Waals surface area contributed by atoms with Gasteiger partial charge >= 0.3 is 0 Å². The van der Waals surface area contributed by atoms with Crippen molar-refractivity contribution < 1.29 is 22.3 Å². The molecule has 0 bridgehead atoms. The number of amides is 1. The molecule has 3 aromatic carbocycles. The maximum Gasteiger partial charge on any atom is 0.261 e. The summed E-state index contributed by atoms with van der Waals surface area (Å²) in [6.07, 6.45) is 0. The Labute approximate surface area is 162 Å². The highest BCUT2D eigenvalue weighted by Gasteiger charge is 2.15. The van der Waals surface area contributed by atoms with Crippen LogP contribution in [0.2, 0.25) is 0 Å². The summed E-state index contributed by atoms with van der Waals surface area (Å²) < 4.78 is 45.4. The Balaban J connectivity index is 1.71. The highest BCUT2D eigenvalue weighted by atomic mass is 32.2. The van der Waals surface area contributed by atoms with Crippen LogP contribution in [0.15, 0.2) is 77.7 Å². The zero-order chi connectivity index (χ0) is 20.1. The molecule has 0 saturated heterocycles. The molecule has 0 fully saturated rings. The number of rotatable bonds is 6. The van der Waals surface area contributed by atoms with E-state index in [0.717, 1.165) is 0 Å². The zero-order valence-corrected chi connectivity index (χ0v) is 15.7. The van der Waals surface area contributed by atoms with Crippen LogP contribution in [0.3, 0.4) is 0 Å². The maximum atomic E-state index is 12.9. The van der Waals surface area contributed by atoms with Gasteiger partial charge in [-0.3, -0.25) is 9.52 Å². The Hall–Kier alpha value is -3.39. The van der Waals surface area contributed by atoms with Crippen molar-refractivity contribution in [3.8, 4) is 5.75 Å². The van der Waals surface area contributed by atoms with E-state index in [4.69, 9.17) is 4.74 Å². The number of hydrogen-bond acceptors (Lipinski definition) is 4. The van der Waals surface area contributed by atoms with Gasteiger partial charge in [-0.25, -0.2) is 12.8 Å². The van der Waals surface area contributed by atoms with Crippen LogP contribution in [0.25, 0.3) is 0 Å². The third kappa shape index (κ3) is 4.66. The molecule has 28 heavy (non-hydrogen) atoms. The normalized spacial score (nSPS) is 10.9. The van der Waals surface area contributed by atoms with Gasteiger partial charge in [0.1, 0.15) is 11.6 Å². The third-order valence-corrected chi connectivity index (χ3v) is 5.27. The molecule has 0 aliphatic rings. The summed E-state index contributed by atoms with van der Waals surface area (Å²) in [5, 5.41) is 2.61. The average Bonchev–Trinajstić information content (AvgIpc) is 2.70. The molecule has 0 aromatic heterocycles. The number of sulfonamides is 1. The molecular weight excluding hydrogens is 383 g/mol. The molecule has 3 aromatic rings. The average molecular weight is 400 g/mol. The smallest absolute Gasteiger partial charge is 0.261 e. The lowest BCUT2D eigenvalue weighted by molar-refractivity contribution is 0.102. The van der Waals surface area contributed by atoms with Gasteiger partial charge in [-0.2, -0.15) is 0 Å². The van der Waals surface area contributed by atoms with Crippen LogP contribution in [0, 0.1) is 5.82 Å². The van der Waals surface area contributed by atoms with E-state index in [-0.39, 0.29) is 10.5 Å². The summed E-state index contributed by atoms with van der Waals surface area (Å²) in [7, 11) is -2.28. The van der Waals surface area contributed by atoms with Gasteiger partial charge in [-0.15, -0.1) is 0 Å². The van der Waals surface area contributed by atoms with E-state index in [2.05, 4.69) is 10.0 Å². The monoisotopic (exact) mass is 400 g/mol. The van der Waals surface area contributed by atoms with Gasteiger partial charge in [0.25, 0.3) is 15.9 Å². The van der Waals surface area contributed by atoms with Crippen molar-refractivity contribution in [1.29, 1.82) is 0 Å². The maximum absolute atomic E-state index is 12.9. The van der Waals surface area contributed by atoms with Crippen LogP contribution in [0.1, 0.15) is 10.4 Å². The molecular formula is C20H17FN2O4S.